The van der Waals surface area contributed by atoms with Gasteiger partial charge in [-0.1, -0.05) is 52.3 Å². The Bertz CT molecular complexity index is 1550. The van der Waals surface area contributed by atoms with Crippen LogP contribution < -0.4 is 14.9 Å². The fourth-order valence-electron chi connectivity index (χ4n) is 4.94. The van der Waals surface area contributed by atoms with Crippen LogP contribution in [-0.4, -0.2) is 49.5 Å². The Hall–Kier alpha value is -3.62. The molecule has 0 saturated carbocycles. The van der Waals surface area contributed by atoms with E-state index in [9.17, 15) is 9.59 Å². The highest BCUT2D eigenvalue weighted by atomic mass is 79.9. The maximum Gasteiger partial charge on any atom is 0.290 e. The van der Waals surface area contributed by atoms with Crippen molar-refractivity contribution in [2.24, 2.45) is 0 Å². The first-order valence-corrected chi connectivity index (χ1v) is 13.8. The van der Waals surface area contributed by atoms with Gasteiger partial charge < -0.3 is 23.7 Å². The molecule has 5 rings (SSSR count). The van der Waals surface area contributed by atoms with Crippen molar-refractivity contribution in [3.05, 3.63) is 104 Å². The Labute approximate surface area is 236 Å². The summed E-state index contributed by atoms with van der Waals surface area (Å²) in [4.78, 5) is 31.3. The van der Waals surface area contributed by atoms with E-state index in [0.717, 1.165) is 28.6 Å². The second-order valence-electron chi connectivity index (χ2n) is 9.79. The second kappa shape index (κ2) is 11.6. The van der Waals surface area contributed by atoms with Crippen LogP contribution in [0, 0.1) is 0 Å². The quantitative estimate of drug-likeness (QED) is 0.224. The van der Waals surface area contributed by atoms with Crippen LogP contribution >= 0.6 is 15.9 Å². The van der Waals surface area contributed by atoms with E-state index >= 15 is 0 Å². The third-order valence-corrected chi connectivity index (χ3v) is 7.25. The molecule has 1 aromatic heterocycles. The number of amides is 1. The number of hydrogen-bond acceptors (Lipinski definition) is 6. The molecule has 1 atom stereocenters. The van der Waals surface area contributed by atoms with Crippen LogP contribution in [0.3, 0.4) is 0 Å². The van der Waals surface area contributed by atoms with Crippen molar-refractivity contribution in [3.8, 4) is 11.5 Å². The Morgan fingerprint density at radius 2 is 1.77 bits per heavy atom. The minimum Gasteiger partial charge on any atom is -0.490 e. The minimum absolute atomic E-state index is 0.104. The highest BCUT2D eigenvalue weighted by molar-refractivity contribution is 9.10. The lowest BCUT2D eigenvalue weighted by Gasteiger charge is -2.26. The molecule has 202 valence electrons. The minimum atomic E-state index is -0.600. The summed E-state index contributed by atoms with van der Waals surface area (Å²) in [6.45, 7) is 4.03. The molecule has 39 heavy (non-hydrogen) atoms. The first-order valence-electron chi connectivity index (χ1n) is 13.0. The van der Waals surface area contributed by atoms with E-state index in [-0.39, 0.29) is 17.1 Å². The van der Waals surface area contributed by atoms with Crippen molar-refractivity contribution in [2.45, 2.75) is 26.0 Å². The lowest BCUT2D eigenvalue weighted by Crippen LogP contribution is -2.32. The van der Waals surface area contributed by atoms with Gasteiger partial charge in [0.1, 0.15) is 12.2 Å². The van der Waals surface area contributed by atoms with E-state index in [1.165, 1.54) is 0 Å². The molecule has 1 amide bonds. The molecule has 0 fully saturated rings. The molecule has 0 saturated heterocycles. The van der Waals surface area contributed by atoms with Gasteiger partial charge in [-0.25, -0.2) is 0 Å². The van der Waals surface area contributed by atoms with Crippen LogP contribution in [0.4, 0.5) is 0 Å². The summed E-state index contributed by atoms with van der Waals surface area (Å²) in [6, 6.07) is 20.2. The number of fused-ring (bicyclic) bond motifs is 2. The molecule has 7 nitrogen and oxygen atoms in total. The summed E-state index contributed by atoms with van der Waals surface area (Å²) >= 11 is 3.45. The van der Waals surface area contributed by atoms with E-state index in [4.69, 9.17) is 13.9 Å². The summed E-state index contributed by atoms with van der Waals surface area (Å²) < 4.78 is 18.9. The molecule has 0 aliphatic carbocycles. The molecule has 1 aliphatic heterocycles. The van der Waals surface area contributed by atoms with Crippen LogP contribution in [0.5, 0.6) is 11.5 Å². The molecule has 2 heterocycles. The molecule has 1 aliphatic rings. The molecular formula is C31H31BrN2O5. The van der Waals surface area contributed by atoms with Crippen LogP contribution in [0.15, 0.2) is 80.4 Å². The highest BCUT2D eigenvalue weighted by Gasteiger charge is 2.42. The number of benzene rings is 3. The average molecular weight is 592 g/mol. The van der Waals surface area contributed by atoms with Gasteiger partial charge in [0.2, 0.25) is 5.76 Å². The summed E-state index contributed by atoms with van der Waals surface area (Å²) in [5.41, 5.74) is 2.36. The molecule has 0 radical (unpaired) electrons. The van der Waals surface area contributed by atoms with E-state index in [1.54, 1.807) is 23.1 Å². The van der Waals surface area contributed by atoms with Crippen molar-refractivity contribution in [1.82, 2.24) is 9.80 Å². The fraction of sp³-hybridized carbons (Fsp3) is 0.290. The maximum absolute atomic E-state index is 13.8. The Balaban J connectivity index is 1.58. The van der Waals surface area contributed by atoms with Gasteiger partial charge in [-0.15, -0.1) is 0 Å². The third kappa shape index (κ3) is 5.58. The number of rotatable bonds is 10. The van der Waals surface area contributed by atoms with Gasteiger partial charge in [-0.05, 0) is 75.4 Å². The Kier molecular flexibility index (Phi) is 8.04. The number of halogens is 1. The summed E-state index contributed by atoms with van der Waals surface area (Å²) in [7, 11) is 3.99. The van der Waals surface area contributed by atoms with Crippen LogP contribution in [0.1, 0.15) is 46.6 Å². The van der Waals surface area contributed by atoms with E-state index in [2.05, 4.69) is 20.8 Å². The highest BCUT2D eigenvalue weighted by Crippen LogP contribution is 2.41. The van der Waals surface area contributed by atoms with E-state index in [0.29, 0.717) is 47.8 Å². The van der Waals surface area contributed by atoms with Crippen LogP contribution in [0.2, 0.25) is 0 Å². The average Bonchev–Trinajstić information content (AvgIpc) is 3.20. The first-order chi connectivity index (χ1) is 18.9. The fourth-order valence-corrected chi connectivity index (χ4v) is 5.31. The van der Waals surface area contributed by atoms with Gasteiger partial charge in [0, 0.05) is 11.0 Å². The van der Waals surface area contributed by atoms with Crippen LogP contribution in [-0.2, 0) is 6.61 Å². The van der Waals surface area contributed by atoms with E-state index in [1.807, 2.05) is 69.6 Å². The summed E-state index contributed by atoms with van der Waals surface area (Å²) in [5.74, 6) is 0.987. The molecule has 0 bridgehead atoms. The van der Waals surface area contributed by atoms with E-state index < -0.39 is 6.04 Å². The largest absolute Gasteiger partial charge is 0.490 e. The van der Waals surface area contributed by atoms with Gasteiger partial charge in [0.15, 0.2) is 16.9 Å². The molecule has 0 spiro atoms. The lowest BCUT2D eigenvalue weighted by atomic mass is 9.98. The lowest BCUT2D eigenvalue weighted by molar-refractivity contribution is 0.0722. The molecule has 4 aromatic rings. The first kappa shape index (κ1) is 27.0. The molecule has 3 aromatic carbocycles. The number of nitrogens with zero attached hydrogens (tertiary/aromatic N) is 2. The number of carbonyl (C=O) groups excluding carboxylic acids is 1. The number of carbonyl (C=O) groups is 1. The predicted molar refractivity (Wildman–Crippen MR) is 155 cm³/mol. The normalized spacial score (nSPS) is 14.7. The Morgan fingerprint density at radius 3 is 2.51 bits per heavy atom. The predicted octanol–water partition coefficient (Wildman–Crippen LogP) is 6.03. The zero-order valence-corrected chi connectivity index (χ0v) is 23.9. The zero-order chi connectivity index (χ0) is 27.5. The smallest absolute Gasteiger partial charge is 0.290 e. The van der Waals surface area contributed by atoms with Crippen molar-refractivity contribution < 1.29 is 18.7 Å². The van der Waals surface area contributed by atoms with Gasteiger partial charge in [0.25, 0.3) is 5.91 Å². The number of ether oxygens (including phenoxy) is 2. The molecule has 1 unspecified atom stereocenters. The van der Waals surface area contributed by atoms with Gasteiger partial charge in [-0.2, -0.15) is 0 Å². The second-order valence-corrected chi connectivity index (χ2v) is 10.7. The van der Waals surface area contributed by atoms with Gasteiger partial charge >= 0.3 is 0 Å². The molecule has 0 N–H and O–H groups in total. The SMILES string of the molecule is CCOc1cc(C2c3c(oc4ccc(Br)cc4c3=O)C(=O)N2CCCN(C)C)ccc1OCc1ccccc1. The van der Waals surface area contributed by atoms with Gasteiger partial charge in [0.05, 0.1) is 23.6 Å². The molecule has 8 heteroatoms. The standard InChI is InChI=1S/C31H31BrN2O5/c1-4-37-26-17-21(11-13-25(26)38-19-20-9-6-5-7-10-20)28-27-29(35)23-18-22(32)12-14-24(23)39-30(27)31(36)34(28)16-8-15-33(2)3/h5-7,9-14,17-18,28H,4,8,15-16,19H2,1-3H3. The molecular weight excluding hydrogens is 560 g/mol. The third-order valence-electron chi connectivity index (χ3n) is 6.75. The zero-order valence-electron chi connectivity index (χ0n) is 22.3. The summed E-state index contributed by atoms with van der Waals surface area (Å²) in [5, 5.41) is 0.434. The van der Waals surface area contributed by atoms with Crippen molar-refractivity contribution in [3.63, 3.8) is 0 Å². The number of hydrogen-bond donors (Lipinski definition) is 0. The topological polar surface area (TPSA) is 72.2 Å². The van der Waals surface area contributed by atoms with Crippen molar-refractivity contribution in [2.75, 3.05) is 33.8 Å². The monoisotopic (exact) mass is 590 g/mol. The maximum atomic E-state index is 13.8. The Morgan fingerprint density at radius 1 is 0.974 bits per heavy atom. The van der Waals surface area contributed by atoms with Crippen molar-refractivity contribution in [1.29, 1.82) is 0 Å². The van der Waals surface area contributed by atoms with Crippen LogP contribution in [0.25, 0.3) is 11.0 Å². The van der Waals surface area contributed by atoms with Crippen molar-refractivity contribution >= 4 is 32.8 Å². The summed E-state index contributed by atoms with van der Waals surface area (Å²) in [6.07, 6.45) is 0.749. The van der Waals surface area contributed by atoms with Gasteiger partial charge in [-0.3, -0.25) is 9.59 Å².